The summed E-state index contributed by atoms with van der Waals surface area (Å²) in [6, 6.07) is 8.44. The van der Waals surface area contributed by atoms with Gasteiger partial charge in [-0.25, -0.2) is 0 Å². The zero-order chi connectivity index (χ0) is 22.7. The zero-order valence-corrected chi connectivity index (χ0v) is 17.9. The Balaban J connectivity index is 1.65. The smallest absolute Gasteiger partial charge is 0.310 e. The van der Waals surface area contributed by atoms with E-state index in [1.165, 1.54) is 24.0 Å². The van der Waals surface area contributed by atoms with Gasteiger partial charge in [-0.3, -0.25) is 19.7 Å². The van der Waals surface area contributed by atoms with Crippen LogP contribution in [0, 0.1) is 24.0 Å². The van der Waals surface area contributed by atoms with E-state index in [2.05, 4.69) is 19.2 Å². The van der Waals surface area contributed by atoms with Crippen molar-refractivity contribution in [2.45, 2.75) is 40.0 Å². The molecule has 1 amide bonds. The third kappa shape index (κ3) is 4.91. The summed E-state index contributed by atoms with van der Waals surface area (Å²) in [5.74, 6) is -0.919. The molecule has 0 radical (unpaired) electrons. The fourth-order valence-corrected chi connectivity index (χ4v) is 3.50. The first kappa shape index (κ1) is 22.0. The van der Waals surface area contributed by atoms with Gasteiger partial charge in [0.1, 0.15) is 11.3 Å². The molecule has 0 aliphatic rings. The normalized spacial score (nSPS) is 11.0. The van der Waals surface area contributed by atoms with Gasteiger partial charge < -0.3 is 14.5 Å². The average molecular weight is 424 g/mol. The van der Waals surface area contributed by atoms with Crippen LogP contribution >= 0.6 is 0 Å². The van der Waals surface area contributed by atoms with Crippen molar-refractivity contribution in [3.05, 3.63) is 69.0 Å². The van der Waals surface area contributed by atoms with Gasteiger partial charge in [-0.1, -0.05) is 26.0 Å². The molecule has 0 atom stereocenters. The maximum absolute atomic E-state index is 12.3. The van der Waals surface area contributed by atoms with E-state index in [0.717, 1.165) is 10.9 Å². The number of anilines is 1. The molecule has 0 unspecified atom stereocenters. The number of nitrogens with one attached hydrogen (secondary N) is 1. The van der Waals surface area contributed by atoms with Crippen LogP contribution in [0.15, 0.2) is 41.0 Å². The van der Waals surface area contributed by atoms with Gasteiger partial charge in [-0.2, -0.15) is 0 Å². The number of aryl methyl sites for hydroxylation is 2. The van der Waals surface area contributed by atoms with Gasteiger partial charge in [0, 0.05) is 17.0 Å². The van der Waals surface area contributed by atoms with E-state index in [0.29, 0.717) is 22.6 Å². The lowest BCUT2D eigenvalue weighted by Crippen LogP contribution is -2.22. The Morgan fingerprint density at radius 3 is 2.61 bits per heavy atom. The lowest BCUT2D eigenvalue weighted by molar-refractivity contribution is -0.384. The summed E-state index contributed by atoms with van der Waals surface area (Å²) in [4.78, 5) is 35.0. The number of hydrogen-bond donors (Lipinski definition) is 1. The number of rotatable bonds is 7. The van der Waals surface area contributed by atoms with Gasteiger partial charge in [-0.05, 0) is 48.6 Å². The number of nitro benzene ring substituents is 1. The minimum absolute atomic E-state index is 0.0502. The predicted molar refractivity (Wildman–Crippen MR) is 116 cm³/mol. The first-order chi connectivity index (χ1) is 14.7. The standard InChI is InChI=1S/C23H24N2O6/c1-13(2)17-10-18-16(11-30-20(18)8-15(17)4)9-22(27)31-12-21(26)24-23-14(3)6-5-7-19(23)25(28)29/h5-8,10-11,13H,9,12H2,1-4H3,(H,24,26). The van der Waals surface area contributed by atoms with E-state index in [9.17, 15) is 19.7 Å². The molecule has 0 aliphatic heterocycles. The first-order valence-corrected chi connectivity index (χ1v) is 9.87. The molecule has 162 valence electrons. The van der Waals surface area contributed by atoms with Crippen molar-refractivity contribution in [1.82, 2.24) is 0 Å². The molecule has 0 saturated carbocycles. The highest BCUT2D eigenvalue weighted by atomic mass is 16.6. The molecule has 1 heterocycles. The molecule has 2 aromatic carbocycles. The lowest BCUT2D eigenvalue weighted by atomic mass is 9.95. The van der Waals surface area contributed by atoms with E-state index < -0.39 is 23.4 Å². The summed E-state index contributed by atoms with van der Waals surface area (Å²) >= 11 is 0. The van der Waals surface area contributed by atoms with Crippen LogP contribution in [0.2, 0.25) is 0 Å². The Morgan fingerprint density at radius 1 is 1.19 bits per heavy atom. The molecule has 0 bridgehead atoms. The molecular formula is C23H24N2O6. The molecule has 8 heteroatoms. The Labute approximate surface area is 179 Å². The number of fused-ring (bicyclic) bond motifs is 1. The lowest BCUT2D eigenvalue weighted by Gasteiger charge is -2.10. The van der Waals surface area contributed by atoms with Gasteiger partial charge in [0.15, 0.2) is 6.61 Å². The van der Waals surface area contributed by atoms with E-state index in [4.69, 9.17) is 9.15 Å². The molecule has 3 rings (SSSR count). The SMILES string of the molecule is Cc1cc2occ(CC(=O)OCC(=O)Nc3c(C)cccc3[N+](=O)[O-])c2cc1C(C)C. The van der Waals surface area contributed by atoms with Crippen LogP contribution in [0.5, 0.6) is 0 Å². The molecule has 0 saturated heterocycles. The number of nitro groups is 1. The van der Waals surface area contributed by atoms with Crippen LogP contribution in [0.1, 0.15) is 42.0 Å². The van der Waals surface area contributed by atoms with Gasteiger partial charge in [0.25, 0.3) is 11.6 Å². The summed E-state index contributed by atoms with van der Waals surface area (Å²) < 4.78 is 10.6. The van der Waals surface area contributed by atoms with Crippen LogP contribution in [0.4, 0.5) is 11.4 Å². The highest BCUT2D eigenvalue weighted by Crippen LogP contribution is 2.30. The Bertz CT molecular complexity index is 1160. The number of carbonyl (C=O) groups excluding carboxylic acids is 2. The summed E-state index contributed by atoms with van der Waals surface area (Å²) in [7, 11) is 0. The summed E-state index contributed by atoms with van der Waals surface area (Å²) in [6.45, 7) is 7.31. The maximum Gasteiger partial charge on any atom is 0.310 e. The van der Waals surface area contributed by atoms with Crippen molar-refractivity contribution in [3.63, 3.8) is 0 Å². The molecule has 1 N–H and O–H groups in total. The molecule has 3 aromatic rings. The summed E-state index contributed by atoms with van der Waals surface area (Å²) in [5, 5.41) is 14.4. The number of para-hydroxylation sites is 1. The minimum atomic E-state index is -0.652. The fourth-order valence-electron chi connectivity index (χ4n) is 3.50. The van der Waals surface area contributed by atoms with Crippen molar-refractivity contribution in [2.24, 2.45) is 0 Å². The third-order valence-electron chi connectivity index (χ3n) is 5.08. The predicted octanol–water partition coefficient (Wildman–Crippen LogP) is 4.81. The molecule has 1 aromatic heterocycles. The Hall–Kier alpha value is -3.68. The first-order valence-electron chi connectivity index (χ1n) is 9.87. The highest BCUT2D eigenvalue weighted by molar-refractivity contribution is 5.96. The molecule has 0 aliphatic carbocycles. The van der Waals surface area contributed by atoms with Gasteiger partial charge in [0.2, 0.25) is 0 Å². The molecule has 0 fully saturated rings. The number of ether oxygens (including phenoxy) is 1. The van der Waals surface area contributed by atoms with Gasteiger partial charge in [-0.15, -0.1) is 0 Å². The number of nitrogens with zero attached hydrogens (tertiary/aromatic N) is 1. The number of benzene rings is 2. The molecule has 8 nitrogen and oxygen atoms in total. The zero-order valence-electron chi connectivity index (χ0n) is 17.9. The van der Waals surface area contributed by atoms with Crippen molar-refractivity contribution >= 4 is 34.2 Å². The maximum atomic E-state index is 12.3. The third-order valence-corrected chi connectivity index (χ3v) is 5.08. The van der Waals surface area contributed by atoms with Gasteiger partial charge in [0.05, 0.1) is 17.6 Å². The van der Waals surface area contributed by atoms with E-state index in [1.807, 2.05) is 19.1 Å². The van der Waals surface area contributed by atoms with Crippen LogP contribution in [0.25, 0.3) is 11.0 Å². The van der Waals surface area contributed by atoms with Crippen LogP contribution < -0.4 is 5.32 Å². The van der Waals surface area contributed by atoms with Crippen molar-refractivity contribution in [1.29, 1.82) is 0 Å². The topological polar surface area (TPSA) is 112 Å². The van der Waals surface area contributed by atoms with Crippen molar-refractivity contribution in [2.75, 3.05) is 11.9 Å². The number of hydrogen-bond acceptors (Lipinski definition) is 6. The Kier molecular flexibility index (Phi) is 6.39. The second-order valence-electron chi connectivity index (χ2n) is 7.73. The van der Waals surface area contributed by atoms with E-state index in [1.54, 1.807) is 13.0 Å². The van der Waals surface area contributed by atoms with Crippen LogP contribution in [0.3, 0.4) is 0 Å². The highest BCUT2D eigenvalue weighted by Gasteiger charge is 2.19. The fraction of sp³-hybridized carbons (Fsp3) is 0.304. The monoisotopic (exact) mass is 424 g/mol. The quantitative estimate of drug-likeness (QED) is 0.331. The molecule has 0 spiro atoms. The van der Waals surface area contributed by atoms with E-state index >= 15 is 0 Å². The van der Waals surface area contributed by atoms with Crippen LogP contribution in [-0.4, -0.2) is 23.4 Å². The van der Waals surface area contributed by atoms with Crippen LogP contribution in [-0.2, 0) is 20.7 Å². The molecular weight excluding hydrogens is 400 g/mol. The van der Waals surface area contributed by atoms with Crippen molar-refractivity contribution in [3.8, 4) is 0 Å². The second-order valence-corrected chi connectivity index (χ2v) is 7.73. The average Bonchev–Trinajstić information content (AvgIpc) is 3.08. The number of carbonyl (C=O) groups is 2. The number of amides is 1. The summed E-state index contributed by atoms with van der Waals surface area (Å²) in [6.07, 6.45) is 1.47. The van der Waals surface area contributed by atoms with Gasteiger partial charge >= 0.3 is 5.97 Å². The number of esters is 1. The largest absolute Gasteiger partial charge is 0.464 e. The van der Waals surface area contributed by atoms with Crippen molar-refractivity contribution < 1.29 is 23.7 Å². The van der Waals surface area contributed by atoms with E-state index in [-0.39, 0.29) is 17.8 Å². The second kappa shape index (κ2) is 8.99. The molecule has 31 heavy (non-hydrogen) atoms. The summed E-state index contributed by atoms with van der Waals surface area (Å²) in [5.41, 5.74) is 4.06. The minimum Gasteiger partial charge on any atom is -0.464 e. The number of furan rings is 1. The Morgan fingerprint density at radius 2 is 1.94 bits per heavy atom.